The molecule has 2 aromatic heterocycles. The van der Waals surface area contributed by atoms with E-state index in [1.165, 1.54) is 4.90 Å². The van der Waals surface area contributed by atoms with E-state index in [9.17, 15) is 0 Å². The number of aromatic nitrogens is 3. The number of nitrogens with zero attached hydrogens (tertiary/aromatic N) is 5. The lowest BCUT2D eigenvalue weighted by Crippen LogP contribution is -2.41. The van der Waals surface area contributed by atoms with E-state index in [1.807, 2.05) is 12.3 Å². The third-order valence-electron chi connectivity index (χ3n) is 4.64. The van der Waals surface area contributed by atoms with Gasteiger partial charge in [-0.15, -0.1) is 0 Å². The van der Waals surface area contributed by atoms with Gasteiger partial charge in [0.25, 0.3) is 0 Å². The number of halogens is 1. The van der Waals surface area contributed by atoms with Gasteiger partial charge in [-0.2, -0.15) is 10.5 Å². The van der Waals surface area contributed by atoms with E-state index in [0.29, 0.717) is 41.8 Å². The van der Waals surface area contributed by atoms with Crippen LogP contribution in [-0.4, -0.2) is 32.9 Å². The molecule has 7 heteroatoms. The number of nitrogens with one attached hydrogen (secondary N) is 1. The first-order valence-electron chi connectivity index (χ1n) is 8.33. The monoisotopic (exact) mass is 346 g/mol. The molecule has 0 unspecified atom stereocenters. The van der Waals surface area contributed by atoms with Gasteiger partial charge in [-0.05, 0) is 37.1 Å². The molecule has 0 spiro atoms. The number of pyridine rings is 1. The Morgan fingerprint density at radius 1 is 1.19 bits per heavy atom. The number of piperidine rings is 1. The highest BCUT2D eigenvalue weighted by Crippen LogP contribution is 2.34. The summed E-state index contributed by atoms with van der Waals surface area (Å²) in [5.41, 5.74) is 1.43. The Morgan fingerprint density at radius 2 is 2.08 bits per heavy atom. The van der Waals surface area contributed by atoms with E-state index in [-0.39, 0.29) is 12.4 Å². The number of H-pyrrole nitrogens is 1. The van der Waals surface area contributed by atoms with Crippen LogP contribution in [0.15, 0.2) is 36.4 Å². The van der Waals surface area contributed by atoms with Gasteiger partial charge in [-0.3, -0.25) is 0 Å². The number of alkyl halides is 1. The maximum Gasteiger partial charge on any atom is 0.186 e. The fourth-order valence-electron chi connectivity index (χ4n) is 3.30. The molecule has 1 aliphatic rings. The van der Waals surface area contributed by atoms with Gasteiger partial charge in [-0.1, -0.05) is 12.1 Å². The van der Waals surface area contributed by atoms with Crippen LogP contribution in [0.3, 0.4) is 0 Å². The topological polar surface area (TPSA) is 92.4 Å². The molecule has 0 bridgehead atoms. The minimum absolute atomic E-state index is 0.000391. The number of hydrogen-bond acceptors (Lipinski definition) is 5. The zero-order valence-corrected chi connectivity index (χ0v) is 13.9. The van der Waals surface area contributed by atoms with Crippen molar-refractivity contribution in [2.75, 3.05) is 13.1 Å². The zero-order chi connectivity index (χ0) is 18.1. The van der Waals surface area contributed by atoms with Crippen molar-refractivity contribution in [3.05, 3.63) is 47.8 Å². The van der Waals surface area contributed by atoms with Crippen LogP contribution in [-0.2, 0) is 5.67 Å². The smallest absolute Gasteiger partial charge is 0.186 e. The largest absolute Gasteiger partial charge is 0.324 e. The van der Waals surface area contributed by atoms with Crippen molar-refractivity contribution in [3.63, 3.8) is 0 Å². The normalized spacial score (nSPS) is 19.9. The molecule has 1 fully saturated rings. The van der Waals surface area contributed by atoms with Gasteiger partial charge in [0.15, 0.2) is 17.5 Å². The number of nitriles is 2. The molecule has 26 heavy (non-hydrogen) atoms. The number of hydrogen-bond donors (Lipinski definition) is 1. The number of rotatable bonds is 2. The predicted molar refractivity (Wildman–Crippen MR) is 93.2 cm³/mol. The molecule has 1 N–H and O–H groups in total. The van der Waals surface area contributed by atoms with Crippen molar-refractivity contribution in [1.82, 2.24) is 19.9 Å². The SMILES string of the molecule is N#Cc1cccc(-c2ccc3nc([C@]4(F)CCCN(C#N)C4)[nH]c3n2)c1. The summed E-state index contributed by atoms with van der Waals surface area (Å²) in [7, 11) is 0. The molecule has 1 saturated heterocycles. The molecule has 1 atom stereocenters. The first-order valence-corrected chi connectivity index (χ1v) is 8.33. The number of aromatic amines is 1. The molecular formula is C19H15FN6. The van der Waals surface area contributed by atoms with E-state index in [4.69, 9.17) is 10.5 Å². The van der Waals surface area contributed by atoms with Crippen LogP contribution in [0.25, 0.3) is 22.4 Å². The van der Waals surface area contributed by atoms with Gasteiger partial charge in [0.2, 0.25) is 0 Å². The summed E-state index contributed by atoms with van der Waals surface area (Å²) in [5.74, 6) is 0.211. The highest BCUT2D eigenvalue weighted by atomic mass is 19.1. The van der Waals surface area contributed by atoms with Gasteiger partial charge < -0.3 is 9.88 Å². The number of fused-ring (bicyclic) bond motifs is 1. The van der Waals surface area contributed by atoms with Gasteiger partial charge >= 0.3 is 0 Å². The van der Waals surface area contributed by atoms with Gasteiger partial charge in [0.1, 0.15) is 11.3 Å². The summed E-state index contributed by atoms with van der Waals surface area (Å²) in [4.78, 5) is 13.3. The Bertz CT molecular complexity index is 1060. The first kappa shape index (κ1) is 16.0. The van der Waals surface area contributed by atoms with Crippen molar-refractivity contribution in [3.8, 4) is 23.5 Å². The van der Waals surface area contributed by atoms with Crippen molar-refractivity contribution in [2.24, 2.45) is 0 Å². The van der Waals surface area contributed by atoms with Gasteiger partial charge in [0.05, 0.1) is 23.9 Å². The molecule has 3 aromatic rings. The minimum atomic E-state index is -1.68. The molecule has 4 rings (SSSR count). The van der Waals surface area contributed by atoms with Crippen LogP contribution in [0.1, 0.15) is 24.2 Å². The molecule has 1 aromatic carbocycles. The van der Waals surface area contributed by atoms with Crippen molar-refractivity contribution < 1.29 is 4.39 Å². The van der Waals surface area contributed by atoms with Crippen LogP contribution >= 0.6 is 0 Å². The summed E-state index contributed by atoms with van der Waals surface area (Å²) in [6.07, 6.45) is 2.93. The quantitative estimate of drug-likeness (QED) is 0.719. The van der Waals surface area contributed by atoms with E-state index < -0.39 is 5.67 Å². The second-order valence-electron chi connectivity index (χ2n) is 6.43. The summed E-state index contributed by atoms with van der Waals surface area (Å²) >= 11 is 0. The van der Waals surface area contributed by atoms with Crippen LogP contribution in [0.4, 0.5) is 4.39 Å². The summed E-state index contributed by atoms with van der Waals surface area (Å²) < 4.78 is 15.4. The third-order valence-corrected chi connectivity index (χ3v) is 4.64. The predicted octanol–water partition coefficient (Wildman–Crippen LogP) is 3.24. The average Bonchev–Trinajstić information content (AvgIpc) is 3.12. The second kappa shape index (κ2) is 6.12. The minimum Gasteiger partial charge on any atom is -0.324 e. The third kappa shape index (κ3) is 2.74. The Kier molecular flexibility index (Phi) is 3.78. The fraction of sp³-hybridized carbons (Fsp3) is 0.263. The molecule has 6 nitrogen and oxygen atoms in total. The van der Waals surface area contributed by atoms with E-state index >= 15 is 4.39 Å². The van der Waals surface area contributed by atoms with Crippen LogP contribution < -0.4 is 0 Å². The highest BCUT2D eigenvalue weighted by molar-refractivity contribution is 5.75. The molecule has 3 heterocycles. The Morgan fingerprint density at radius 3 is 2.88 bits per heavy atom. The Hall–Kier alpha value is -3.45. The molecule has 0 saturated carbocycles. The van der Waals surface area contributed by atoms with E-state index in [0.717, 1.165) is 5.56 Å². The number of benzene rings is 1. The van der Waals surface area contributed by atoms with Crippen LogP contribution in [0.5, 0.6) is 0 Å². The fourth-order valence-corrected chi connectivity index (χ4v) is 3.30. The maximum absolute atomic E-state index is 15.4. The second-order valence-corrected chi connectivity index (χ2v) is 6.43. The lowest BCUT2D eigenvalue weighted by Gasteiger charge is -2.32. The average molecular weight is 346 g/mol. The van der Waals surface area contributed by atoms with Gasteiger partial charge in [0, 0.05) is 12.1 Å². The van der Waals surface area contributed by atoms with Crippen molar-refractivity contribution in [1.29, 1.82) is 10.5 Å². The standard InChI is InChI=1S/C19H15FN6/c20-19(7-2-8-26(11-19)12-22)18-24-16-6-5-15(23-17(16)25-18)14-4-1-3-13(9-14)10-21/h1,3-6,9H,2,7-8,11H2,(H,23,24,25)/t19-/m0/s1. The number of likely N-dealkylation sites (tertiary alicyclic amines) is 1. The Balaban J connectivity index is 1.72. The molecular weight excluding hydrogens is 331 g/mol. The lowest BCUT2D eigenvalue weighted by molar-refractivity contribution is 0.0627. The summed E-state index contributed by atoms with van der Waals surface area (Å²) in [5, 5.41) is 18.1. The van der Waals surface area contributed by atoms with Crippen LogP contribution in [0.2, 0.25) is 0 Å². The van der Waals surface area contributed by atoms with Crippen LogP contribution in [0, 0.1) is 22.8 Å². The van der Waals surface area contributed by atoms with E-state index in [1.54, 1.807) is 30.3 Å². The summed E-state index contributed by atoms with van der Waals surface area (Å²) in [6.45, 7) is 0.570. The lowest BCUT2D eigenvalue weighted by atomic mass is 9.94. The molecule has 0 aliphatic carbocycles. The Labute approximate surface area is 149 Å². The highest BCUT2D eigenvalue weighted by Gasteiger charge is 2.40. The molecule has 128 valence electrons. The van der Waals surface area contributed by atoms with Gasteiger partial charge in [-0.25, -0.2) is 14.4 Å². The first-order chi connectivity index (χ1) is 12.6. The molecule has 1 aliphatic heterocycles. The van der Waals surface area contributed by atoms with Crippen molar-refractivity contribution in [2.45, 2.75) is 18.5 Å². The zero-order valence-electron chi connectivity index (χ0n) is 13.9. The molecule has 0 radical (unpaired) electrons. The number of imidazole rings is 1. The molecule has 0 amide bonds. The summed E-state index contributed by atoms with van der Waals surface area (Å²) in [6, 6.07) is 12.8. The van der Waals surface area contributed by atoms with E-state index in [2.05, 4.69) is 21.0 Å². The van der Waals surface area contributed by atoms with Crippen molar-refractivity contribution >= 4 is 11.2 Å². The maximum atomic E-state index is 15.4.